The molecule has 17 nitrogen and oxygen atoms in total. The Kier molecular flexibility index (Phi) is 67.7. The molecule has 3 N–H and O–H groups in total. The smallest absolute Gasteiger partial charge is 0.462 e. The summed E-state index contributed by atoms with van der Waals surface area (Å²) in [4.78, 5) is 72.6. The Labute approximate surface area is 581 Å². The molecule has 0 fully saturated rings. The van der Waals surface area contributed by atoms with Gasteiger partial charge in [0.2, 0.25) is 0 Å². The monoisotopic (exact) mass is 1400 g/mol. The van der Waals surface area contributed by atoms with Crippen molar-refractivity contribution in [2.24, 2.45) is 5.92 Å². The number of carbonyl (C=O) groups is 4. The van der Waals surface area contributed by atoms with Crippen LogP contribution in [-0.2, 0) is 65.4 Å². The molecule has 0 aromatic rings. The van der Waals surface area contributed by atoms with Gasteiger partial charge in [-0.3, -0.25) is 37.3 Å². The Bertz CT molecular complexity index is 1820. The zero-order valence-electron chi connectivity index (χ0n) is 61.8. The Morgan fingerprint density at radius 1 is 0.295 bits per heavy atom. The van der Waals surface area contributed by atoms with Crippen molar-refractivity contribution in [3.63, 3.8) is 0 Å². The Balaban J connectivity index is 5.16. The molecule has 0 rings (SSSR count). The van der Waals surface area contributed by atoms with Gasteiger partial charge in [0.1, 0.15) is 19.3 Å². The van der Waals surface area contributed by atoms with Crippen LogP contribution < -0.4 is 0 Å². The van der Waals surface area contributed by atoms with Crippen molar-refractivity contribution in [3.8, 4) is 0 Å². The standard InChI is InChI=1S/C76H148O17P2/c1-6-10-13-16-19-22-24-26-28-29-30-31-32-33-34-36-38-40-42-45-51-56-61-75(80)92-71(65-87-74(79)60-55-50-44-41-39-37-35-27-25-23-20-17-14-11-7-2)67-90-94(82,83)88-63-70(77)64-89-95(84,85)91-68-72(66-86-73(78)59-54-49-43-21-18-15-12-8-3)93-76(81)62-57-52-47-46-48-53-58-69(5)9-4/h69-72,77H,6-68H2,1-5H3,(H,82,83)(H,84,85)/t69?,70-,71-,72-/m1/s1. The third kappa shape index (κ3) is 69.0. The van der Waals surface area contributed by atoms with Crippen molar-refractivity contribution in [1.29, 1.82) is 0 Å². The summed E-state index contributed by atoms with van der Waals surface area (Å²) >= 11 is 0. The molecular weight excluding hydrogens is 1250 g/mol. The molecular formula is C76H148O17P2. The first-order valence-corrected chi connectivity index (χ1v) is 42.7. The van der Waals surface area contributed by atoms with Gasteiger partial charge < -0.3 is 33.8 Å². The number of phosphoric ester groups is 2. The molecule has 0 amide bonds. The summed E-state index contributed by atoms with van der Waals surface area (Å²) in [6.45, 7) is 7.21. The minimum Gasteiger partial charge on any atom is -0.462 e. The number of hydrogen-bond acceptors (Lipinski definition) is 15. The molecule has 0 saturated heterocycles. The summed E-state index contributed by atoms with van der Waals surface area (Å²) < 4.78 is 68.4. The highest BCUT2D eigenvalue weighted by molar-refractivity contribution is 7.47. The molecule has 0 aliphatic heterocycles. The molecule has 0 aliphatic carbocycles. The van der Waals surface area contributed by atoms with E-state index in [1.54, 1.807) is 0 Å². The average Bonchev–Trinajstić information content (AvgIpc) is 1.74. The summed E-state index contributed by atoms with van der Waals surface area (Å²) in [5, 5.41) is 10.6. The first-order chi connectivity index (χ1) is 46.1. The fraction of sp³-hybridized carbons (Fsp3) is 0.947. The van der Waals surface area contributed by atoms with E-state index in [1.165, 1.54) is 218 Å². The molecule has 0 bridgehead atoms. The van der Waals surface area contributed by atoms with E-state index in [2.05, 4.69) is 34.6 Å². The second kappa shape index (κ2) is 69.2. The van der Waals surface area contributed by atoms with Crippen LogP contribution in [0.1, 0.15) is 401 Å². The third-order valence-corrected chi connectivity index (χ3v) is 20.0. The number of rotatable bonds is 76. The van der Waals surface area contributed by atoms with Crippen LogP contribution in [-0.4, -0.2) is 96.7 Å². The minimum absolute atomic E-state index is 0.103. The first kappa shape index (κ1) is 93.1. The van der Waals surface area contributed by atoms with E-state index >= 15 is 0 Å². The van der Waals surface area contributed by atoms with Crippen LogP contribution in [0.4, 0.5) is 0 Å². The van der Waals surface area contributed by atoms with E-state index in [4.69, 9.17) is 37.0 Å². The Morgan fingerprint density at radius 3 is 0.747 bits per heavy atom. The lowest BCUT2D eigenvalue weighted by Gasteiger charge is -2.21. The molecule has 0 aliphatic rings. The summed E-state index contributed by atoms with van der Waals surface area (Å²) in [5.41, 5.74) is 0. The van der Waals surface area contributed by atoms with E-state index in [0.717, 1.165) is 102 Å². The van der Waals surface area contributed by atoms with Gasteiger partial charge in [-0.1, -0.05) is 349 Å². The number of hydrogen-bond donors (Lipinski definition) is 3. The summed E-state index contributed by atoms with van der Waals surface area (Å²) in [5.74, 6) is -1.40. The normalized spacial score (nSPS) is 14.2. The lowest BCUT2D eigenvalue weighted by molar-refractivity contribution is -0.161. The maximum atomic E-state index is 13.1. The van der Waals surface area contributed by atoms with E-state index in [-0.39, 0.29) is 25.7 Å². The number of carbonyl (C=O) groups excluding carboxylic acids is 4. The van der Waals surface area contributed by atoms with Crippen molar-refractivity contribution >= 4 is 39.5 Å². The van der Waals surface area contributed by atoms with Crippen LogP contribution >= 0.6 is 15.6 Å². The van der Waals surface area contributed by atoms with Gasteiger partial charge in [0.05, 0.1) is 26.4 Å². The van der Waals surface area contributed by atoms with Crippen LogP contribution in [0.2, 0.25) is 0 Å². The maximum Gasteiger partial charge on any atom is 0.472 e. The molecule has 0 heterocycles. The highest BCUT2D eigenvalue weighted by atomic mass is 31.2. The molecule has 564 valence electrons. The van der Waals surface area contributed by atoms with Gasteiger partial charge in [-0.25, -0.2) is 9.13 Å². The maximum absolute atomic E-state index is 13.1. The number of esters is 4. The van der Waals surface area contributed by atoms with Gasteiger partial charge in [0.15, 0.2) is 12.2 Å². The first-order valence-electron chi connectivity index (χ1n) is 39.7. The van der Waals surface area contributed by atoms with Crippen LogP contribution in [0.15, 0.2) is 0 Å². The SMILES string of the molecule is CCCCCCCCCCCCCCCCCCCCCCCCC(=O)O[C@H](COC(=O)CCCCCCCCCCCCCCCCC)COP(=O)(O)OC[C@@H](O)COP(=O)(O)OC[C@@H](COC(=O)CCCCCCCCCC)OC(=O)CCCCCCCCC(C)CC. The lowest BCUT2D eigenvalue weighted by atomic mass is 10.00. The predicted molar refractivity (Wildman–Crippen MR) is 386 cm³/mol. The third-order valence-electron chi connectivity index (χ3n) is 18.1. The predicted octanol–water partition coefficient (Wildman–Crippen LogP) is 22.5. The zero-order chi connectivity index (χ0) is 69.8. The van der Waals surface area contributed by atoms with Crippen molar-refractivity contribution in [2.45, 2.75) is 419 Å². The Hall–Kier alpha value is -1.94. The Morgan fingerprint density at radius 2 is 0.505 bits per heavy atom. The number of aliphatic hydroxyl groups is 1. The van der Waals surface area contributed by atoms with Crippen LogP contribution in [0.3, 0.4) is 0 Å². The molecule has 0 aromatic heterocycles. The quantitative estimate of drug-likeness (QED) is 0.0222. The van der Waals surface area contributed by atoms with Gasteiger partial charge in [-0.05, 0) is 31.6 Å². The molecule has 0 aromatic carbocycles. The van der Waals surface area contributed by atoms with Gasteiger partial charge in [0.25, 0.3) is 0 Å². The molecule has 6 atom stereocenters. The van der Waals surface area contributed by atoms with Crippen molar-refractivity contribution in [3.05, 3.63) is 0 Å². The highest BCUT2D eigenvalue weighted by Crippen LogP contribution is 2.45. The summed E-state index contributed by atoms with van der Waals surface area (Å²) in [6.07, 6.45) is 58.6. The van der Waals surface area contributed by atoms with Crippen molar-refractivity contribution in [1.82, 2.24) is 0 Å². The molecule has 0 spiro atoms. The fourth-order valence-electron chi connectivity index (χ4n) is 11.7. The van der Waals surface area contributed by atoms with Crippen LogP contribution in [0, 0.1) is 5.92 Å². The second-order valence-electron chi connectivity index (χ2n) is 27.6. The average molecular weight is 1400 g/mol. The van der Waals surface area contributed by atoms with Gasteiger partial charge in [-0.15, -0.1) is 0 Å². The number of phosphoric acid groups is 2. The number of ether oxygens (including phenoxy) is 4. The summed E-state index contributed by atoms with van der Waals surface area (Å²) in [7, 11) is -9.90. The molecule has 3 unspecified atom stereocenters. The topological polar surface area (TPSA) is 237 Å². The van der Waals surface area contributed by atoms with Crippen LogP contribution in [0.25, 0.3) is 0 Å². The van der Waals surface area contributed by atoms with Crippen molar-refractivity contribution in [2.75, 3.05) is 39.6 Å². The lowest BCUT2D eigenvalue weighted by Crippen LogP contribution is -2.30. The molecule has 0 saturated carbocycles. The number of unbranched alkanes of at least 4 members (excludes halogenated alkanes) is 47. The molecule has 19 heteroatoms. The van der Waals surface area contributed by atoms with E-state index in [1.807, 2.05) is 0 Å². The van der Waals surface area contributed by atoms with Gasteiger partial charge in [0, 0.05) is 25.7 Å². The second-order valence-corrected chi connectivity index (χ2v) is 30.5. The fourth-order valence-corrected chi connectivity index (χ4v) is 13.3. The molecule has 0 radical (unpaired) electrons. The van der Waals surface area contributed by atoms with E-state index in [9.17, 15) is 43.2 Å². The van der Waals surface area contributed by atoms with Crippen molar-refractivity contribution < 1.29 is 80.2 Å². The van der Waals surface area contributed by atoms with E-state index < -0.39 is 97.5 Å². The van der Waals surface area contributed by atoms with Gasteiger partial charge in [-0.2, -0.15) is 0 Å². The van der Waals surface area contributed by atoms with Gasteiger partial charge >= 0.3 is 39.5 Å². The summed E-state index contributed by atoms with van der Waals surface area (Å²) in [6, 6.07) is 0. The largest absolute Gasteiger partial charge is 0.472 e. The highest BCUT2D eigenvalue weighted by Gasteiger charge is 2.30. The zero-order valence-corrected chi connectivity index (χ0v) is 63.6. The number of aliphatic hydroxyl groups excluding tert-OH is 1. The van der Waals surface area contributed by atoms with E-state index in [0.29, 0.717) is 25.7 Å². The minimum atomic E-state index is -4.96. The molecule has 95 heavy (non-hydrogen) atoms. The van der Waals surface area contributed by atoms with Crippen LogP contribution in [0.5, 0.6) is 0 Å².